The number of benzene rings is 4. The summed E-state index contributed by atoms with van der Waals surface area (Å²) < 4.78 is 6.53. The molecule has 0 aromatic heterocycles. The molecule has 188 valence electrons. The summed E-state index contributed by atoms with van der Waals surface area (Å²) in [7, 11) is 0. The van der Waals surface area contributed by atoms with Gasteiger partial charge < -0.3 is 20.9 Å². The second-order valence-corrected chi connectivity index (χ2v) is 9.39. The van der Waals surface area contributed by atoms with Gasteiger partial charge in [-0.05, 0) is 47.9 Å². The quantitative estimate of drug-likeness (QED) is 0.143. The fraction of sp³-hybridized carbons (Fsp3) is 0.103. The molecule has 2 atom stereocenters. The van der Waals surface area contributed by atoms with Crippen molar-refractivity contribution in [2.45, 2.75) is 13.0 Å². The summed E-state index contributed by atoms with van der Waals surface area (Å²) in [6.07, 6.45) is 1.39. The molecule has 0 radical (unpaired) electrons. The monoisotopic (exact) mass is 559 g/mol. The highest BCUT2D eigenvalue weighted by atomic mass is 79.9. The Morgan fingerprint density at radius 2 is 1.65 bits per heavy atom. The number of para-hydroxylation sites is 2. The van der Waals surface area contributed by atoms with E-state index in [2.05, 4.69) is 26.6 Å². The van der Waals surface area contributed by atoms with E-state index in [1.54, 1.807) is 55.5 Å². The van der Waals surface area contributed by atoms with Gasteiger partial charge in [0, 0.05) is 21.3 Å². The number of ether oxygens (including phenoxy) is 1. The zero-order valence-corrected chi connectivity index (χ0v) is 21.6. The second-order valence-electron chi connectivity index (χ2n) is 8.48. The molecule has 0 aliphatic heterocycles. The lowest BCUT2D eigenvalue weighted by Gasteiger charge is -2.24. The van der Waals surface area contributed by atoms with E-state index >= 15 is 0 Å². The highest BCUT2D eigenvalue weighted by Gasteiger charge is 2.26. The van der Waals surface area contributed by atoms with Gasteiger partial charge in [0.25, 0.3) is 0 Å². The SMILES string of the molecule is C[C@@H](/C=C/C(=O)Nc1ccccc1N)[C@@H](OC(=O)Nc1cccc2ccccc12)c1cc(Br)ccc1O. The lowest BCUT2D eigenvalue weighted by molar-refractivity contribution is -0.111. The molecule has 4 rings (SSSR count). The molecule has 5 N–H and O–H groups in total. The van der Waals surface area contributed by atoms with Gasteiger partial charge in [-0.25, -0.2) is 4.79 Å². The molecule has 0 fully saturated rings. The molecule has 0 saturated carbocycles. The third kappa shape index (κ3) is 6.48. The van der Waals surface area contributed by atoms with E-state index in [1.165, 1.54) is 12.1 Å². The van der Waals surface area contributed by atoms with Gasteiger partial charge in [0.1, 0.15) is 11.9 Å². The van der Waals surface area contributed by atoms with Crippen LogP contribution in [0.1, 0.15) is 18.6 Å². The van der Waals surface area contributed by atoms with Gasteiger partial charge in [0.2, 0.25) is 5.91 Å². The molecule has 7 nitrogen and oxygen atoms in total. The zero-order chi connectivity index (χ0) is 26.4. The third-order valence-electron chi connectivity index (χ3n) is 5.80. The average molecular weight is 560 g/mol. The maximum atomic E-state index is 13.0. The Kier molecular flexibility index (Phi) is 8.10. The lowest BCUT2D eigenvalue weighted by Crippen LogP contribution is -2.22. The van der Waals surface area contributed by atoms with Crippen LogP contribution in [0.4, 0.5) is 21.9 Å². The van der Waals surface area contributed by atoms with Crippen LogP contribution in [0.25, 0.3) is 10.8 Å². The van der Waals surface area contributed by atoms with Crippen LogP contribution in [0.3, 0.4) is 0 Å². The second kappa shape index (κ2) is 11.6. The van der Waals surface area contributed by atoms with Crippen LogP contribution >= 0.6 is 15.9 Å². The molecule has 2 amide bonds. The average Bonchev–Trinajstić information content (AvgIpc) is 2.89. The standard InChI is InChI=1S/C29H26BrN3O4/c1-18(13-16-27(35)32-25-11-5-4-10-23(25)31)28(22-17-20(30)14-15-26(22)34)37-29(36)33-24-12-6-8-19-7-2-3-9-21(19)24/h2-18,28,34H,31H2,1H3,(H,32,35)(H,33,36)/b16-13+/t18-,28+/m0/s1. The molecule has 8 heteroatoms. The molecule has 4 aromatic rings. The summed E-state index contributed by atoms with van der Waals surface area (Å²) in [5, 5.41) is 17.9. The Morgan fingerprint density at radius 3 is 2.46 bits per heavy atom. The minimum atomic E-state index is -0.890. The summed E-state index contributed by atoms with van der Waals surface area (Å²) in [5.74, 6) is -0.896. The van der Waals surface area contributed by atoms with Crippen molar-refractivity contribution in [2.24, 2.45) is 5.92 Å². The predicted molar refractivity (Wildman–Crippen MR) is 150 cm³/mol. The summed E-state index contributed by atoms with van der Waals surface area (Å²) in [6, 6.07) is 25.1. The molecule has 0 aliphatic rings. The Bertz CT molecular complexity index is 1470. The van der Waals surface area contributed by atoms with Gasteiger partial charge in [0.15, 0.2) is 0 Å². The Labute approximate surface area is 223 Å². The molecule has 0 saturated heterocycles. The Balaban J connectivity index is 1.55. The number of amides is 2. The van der Waals surface area contributed by atoms with Crippen LogP contribution in [0.15, 0.2) is 102 Å². The number of aromatic hydroxyl groups is 1. The topological polar surface area (TPSA) is 114 Å². The number of fused-ring (bicyclic) bond motifs is 1. The van der Waals surface area contributed by atoms with Gasteiger partial charge in [-0.1, -0.05) is 77.5 Å². The predicted octanol–water partition coefficient (Wildman–Crippen LogP) is 7.01. The van der Waals surface area contributed by atoms with Crippen LogP contribution < -0.4 is 16.4 Å². The number of phenols is 1. The van der Waals surface area contributed by atoms with Crippen molar-refractivity contribution in [3.05, 3.63) is 107 Å². The number of hydrogen-bond donors (Lipinski definition) is 4. The lowest BCUT2D eigenvalue weighted by atomic mass is 9.96. The number of nitrogens with two attached hydrogens (primary N) is 1. The fourth-order valence-corrected chi connectivity index (χ4v) is 4.30. The van der Waals surface area contributed by atoms with Crippen molar-refractivity contribution < 1.29 is 19.4 Å². The minimum absolute atomic E-state index is 0.0343. The van der Waals surface area contributed by atoms with Gasteiger partial charge >= 0.3 is 6.09 Å². The van der Waals surface area contributed by atoms with E-state index < -0.39 is 18.1 Å². The van der Waals surface area contributed by atoms with E-state index in [9.17, 15) is 14.7 Å². The van der Waals surface area contributed by atoms with Gasteiger partial charge in [-0.15, -0.1) is 0 Å². The number of nitrogen functional groups attached to an aromatic ring is 1. The van der Waals surface area contributed by atoms with Crippen LogP contribution in [0.5, 0.6) is 5.75 Å². The molecule has 0 unspecified atom stereocenters. The van der Waals surface area contributed by atoms with Gasteiger partial charge in [-0.2, -0.15) is 0 Å². The maximum Gasteiger partial charge on any atom is 0.412 e. The van der Waals surface area contributed by atoms with Gasteiger partial charge in [0.05, 0.1) is 17.1 Å². The van der Waals surface area contributed by atoms with Crippen LogP contribution in [-0.2, 0) is 9.53 Å². The number of nitrogens with one attached hydrogen (secondary N) is 2. The summed E-state index contributed by atoms with van der Waals surface area (Å²) in [6.45, 7) is 1.79. The number of rotatable bonds is 7. The summed E-state index contributed by atoms with van der Waals surface area (Å²) >= 11 is 3.41. The Hall–Kier alpha value is -4.30. The van der Waals surface area contributed by atoms with E-state index in [0.717, 1.165) is 10.8 Å². The van der Waals surface area contributed by atoms with Crippen molar-refractivity contribution >= 4 is 55.8 Å². The number of carbonyl (C=O) groups excluding carboxylic acids is 2. The fourth-order valence-electron chi connectivity index (χ4n) is 3.92. The van der Waals surface area contributed by atoms with E-state index in [4.69, 9.17) is 10.5 Å². The zero-order valence-electron chi connectivity index (χ0n) is 20.0. The summed E-state index contributed by atoms with van der Waals surface area (Å²) in [5.41, 5.74) is 7.84. The number of halogens is 1. The van der Waals surface area contributed by atoms with Crippen molar-refractivity contribution in [3.8, 4) is 5.75 Å². The summed E-state index contributed by atoms with van der Waals surface area (Å²) in [4.78, 5) is 25.5. The normalized spacial score (nSPS) is 12.7. The third-order valence-corrected chi connectivity index (χ3v) is 6.30. The minimum Gasteiger partial charge on any atom is -0.508 e. The molecule has 0 heterocycles. The van der Waals surface area contributed by atoms with Gasteiger partial charge in [-0.3, -0.25) is 10.1 Å². The first-order chi connectivity index (χ1) is 17.8. The largest absolute Gasteiger partial charge is 0.508 e. The number of anilines is 3. The van der Waals surface area contributed by atoms with Crippen LogP contribution in [0, 0.1) is 5.92 Å². The number of hydrogen-bond acceptors (Lipinski definition) is 5. The number of phenolic OH excluding ortho intramolecular Hbond substituents is 1. The van der Waals surface area contributed by atoms with E-state index in [0.29, 0.717) is 27.1 Å². The smallest absolute Gasteiger partial charge is 0.412 e. The maximum absolute atomic E-state index is 13.0. The molecular weight excluding hydrogens is 534 g/mol. The molecule has 4 aromatic carbocycles. The van der Waals surface area contributed by atoms with Crippen LogP contribution in [0.2, 0.25) is 0 Å². The molecule has 37 heavy (non-hydrogen) atoms. The first-order valence-electron chi connectivity index (χ1n) is 11.6. The molecule has 0 spiro atoms. The Morgan fingerprint density at radius 1 is 0.946 bits per heavy atom. The highest BCUT2D eigenvalue weighted by Crippen LogP contribution is 2.36. The van der Waals surface area contributed by atoms with Crippen molar-refractivity contribution in [1.82, 2.24) is 0 Å². The molecule has 0 bridgehead atoms. The molecular formula is C29H26BrN3O4. The van der Waals surface area contributed by atoms with E-state index in [1.807, 2.05) is 36.4 Å². The van der Waals surface area contributed by atoms with E-state index in [-0.39, 0.29) is 11.7 Å². The number of carbonyl (C=O) groups is 2. The molecule has 0 aliphatic carbocycles. The highest BCUT2D eigenvalue weighted by molar-refractivity contribution is 9.10. The first-order valence-corrected chi connectivity index (χ1v) is 12.4. The van der Waals surface area contributed by atoms with Crippen LogP contribution in [-0.4, -0.2) is 17.1 Å². The van der Waals surface area contributed by atoms with Crippen molar-refractivity contribution in [3.63, 3.8) is 0 Å². The van der Waals surface area contributed by atoms with Crippen molar-refractivity contribution in [2.75, 3.05) is 16.4 Å². The first kappa shape index (κ1) is 25.8. The van der Waals surface area contributed by atoms with Crippen molar-refractivity contribution in [1.29, 1.82) is 0 Å².